The number of anilines is 1. The van der Waals surface area contributed by atoms with Gasteiger partial charge in [-0.3, -0.25) is 4.31 Å². The molecule has 6 heteroatoms. The van der Waals surface area contributed by atoms with Crippen molar-refractivity contribution >= 4 is 38.4 Å². The Morgan fingerprint density at radius 2 is 1.68 bits per heavy atom. The zero-order valence-corrected chi connectivity index (χ0v) is 18.5. The molecule has 0 atom stereocenters. The van der Waals surface area contributed by atoms with Crippen molar-refractivity contribution < 1.29 is 8.42 Å². The van der Waals surface area contributed by atoms with E-state index in [-0.39, 0.29) is 11.3 Å². The molecule has 0 aliphatic carbocycles. The van der Waals surface area contributed by atoms with Crippen LogP contribution < -0.4 is 4.31 Å². The molecule has 0 saturated heterocycles. The van der Waals surface area contributed by atoms with Gasteiger partial charge in [0.2, 0.25) is 0 Å². The molecule has 3 heterocycles. The maximum atomic E-state index is 13.3. The Labute approximate surface area is 159 Å². The highest BCUT2D eigenvalue weighted by molar-refractivity contribution is 7.93. The van der Waals surface area contributed by atoms with Crippen molar-refractivity contribution in [2.24, 2.45) is 5.92 Å². The minimum atomic E-state index is -3.49. The lowest BCUT2D eigenvalue weighted by Crippen LogP contribution is -2.36. The van der Waals surface area contributed by atoms with E-state index in [1.807, 2.05) is 6.07 Å². The molecular formula is C19H27NO2S3. The lowest BCUT2D eigenvalue weighted by Gasteiger charge is -2.29. The van der Waals surface area contributed by atoms with Gasteiger partial charge in [0.1, 0.15) is 4.90 Å². The smallest absolute Gasteiger partial charge is 0.265 e. The molecule has 3 nitrogen and oxygen atoms in total. The SMILES string of the molecule is CC(C)CN1c2cc(C(C)(C)C)sc2-c2sc(C(C)C)cc2S1(=O)=O. The molecule has 0 N–H and O–H groups in total. The summed E-state index contributed by atoms with van der Waals surface area (Å²) in [4.78, 5) is 4.91. The number of thiophene rings is 2. The Morgan fingerprint density at radius 1 is 1.04 bits per heavy atom. The van der Waals surface area contributed by atoms with Gasteiger partial charge in [0.25, 0.3) is 10.0 Å². The van der Waals surface area contributed by atoms with Crippen LogP contribution in [-0.2, 0) is 15.4 Å². The maximum Gasteiger partial charge on any atom is 0.265 e. The molecular weight excluding hydrogens is 370 g/mol. The fourth-order valence-corrected chi connectivity index (χ4v) is 7.71. The third kappa shape index (κ3) is 3.17. The molecule has 0 saturated carbocycles. The van der Waals surface area contributed by atoms with Gasteiger partial charge in [-0.15, -0.1) is 22.7 Å². The van der Waals surface area contributed by atoms with Crippen LogP contribution in [0.25, 0.3) is 9.75 Å². The van der Waals surface area contributed by atoms with Crippen LogP contribution in [0.3, 0.4) is 0 Å². The van der Waals surface area contributed by atoms with Crippen LogP contribution in [0.2, 0.25) is 0 Å². The standard InChI is InChI=1S/C19H27NO2S3/c1-11(2)10-20-13-8-16(19(5,6)7)24-17(13)18-15(25(20,21)22)9-14(23-18)12(3)4/h8-9,11-12H,10H2,1-7H3. The number of rotatable bonds is 3. The average Bonchev–Trinajstić information content (AvgIpc) is 3.07. The molecule has 0 radical (unpaired) electrons. The predicted octanol–water partition coefficient (Wildman–Crippen LogP) is 6.06. The number of fused-ring (bicyclic) bond motifs is 3. The normalized spacial score (nSPS) is 16.4. The summed E-state index contributed by atoms with van der Waals surface area (Å²) < 4.78 is 28.3. The van der Waals surface area contributed by atoms with E-state index in [4.69, 9.17) is 0 Å². The van der Waals surface area contributed by atoms with Gasteiger partial charge in [0, 0.05) is 16.3 Å². The summed E-state index contributed by atoms with van der Waals surface area (Å²) in [5.41, 5.74) is 0.876. The van der Waals surface area contributed by atoms with Crippen LogP contribution in [0.5, 0.6) is 0 Å². The fraction of sp³-hybridized carbons (Fsp3) is 0.579. The van der Waals surface area contributed by atoms with Crippen LogP contribution in [0, 0.1) is 5.92 Å². The second-order valence-electron chi connectivity index (χ2n) is 8.50. The van der Waals surface area contributed by atoms with Gasteiger partial charge in [-0.2, -0.15) is 0 Å². The molecule has 0 fully saturated rings. The summed E-state index contributed by atoms with van der Waals surface area (Å²) in [6.45, 7) is 15.4. The zero-order chi connectivity index (χ0) is 18.7. The highest BCUT2D eigenvalue weighted by Crippen LogP contribution is 2.53. The number of hydrogen-bond acceptors (Lipinski definition) is 4. The Kier molecular flexibility index (Phi) is 4.62. The molecule has 138 valence electrons. The quantitative estimate of drug-likeness (QED) is 0.631. The number of sulfonamides is 1. The molecule has 3 rings (SSSR count). The molecule has 2 aromatic rings. The van der Waals surface area contributed by atoms with E-state index in [0.717, 1.165) is 20.3 Å². The molecule has 1 aliphatic rings. The van der Waals surface area contributed by atoms with E-state index in [0.29, 0.717) is 17.4 Å². The van der Waals surface area contributed by atoms with Crippen LogP contribution >= 0.6 is 22.7 Å². The third-order valence-corrected chi connectivity index (χ3v) is 9.39. The van der Waals surface area contributed by atoms with Crippen LogP contribution in [0.15, 0.2) is 17.0 Å². The maximum absolute atomic E-state index is 13.3. The second kappa shape index (κ2) is 6.10. The van der Waals surface area contributed by atoms with Crippen molar-refractivity contribution in [1.82, 2.24) is 0 Å². The van der Waals surface area contributed by atoms with Crippen molar-refractivity contribution in [3.63, 3.8) is 0 Å². The summed E-state index contributed by atoms with van der Waals surface area (Å²) in [6, 6.07) is 3.99. The first-order valence-electron chi connectivity index (χ1n) is 8.74. The average molecular weight is 398 g/mol. The number of hydrogen-bond donors (Lipinski definition) is 0. The van der Waals surface area contributed by atoms with E-state index >= 15 is 0 Å². The first-order chi connectivity index (χ1) is 11.4. The Morgan fingerprint density at radius 3 is 2.20 bits per heavy atom. The van der Waals surface area contributed by atoms with Gasteiger partial charge < -0.3 is 0 Å². The van der Waals surface area contributed by atoms with Crippen molar-refractivity contribution in [1.29, 1.82) is 0 Å². The predicted molar refractivity (Wildman–Crippen MR) is 110 cm³/mol. The third-order valence-electron chi connectivity index (χ3n) is 4.31. The van der Waals surface area contributed by atoms with Crippen LogP contribution in [0.4, 0.5) is 5.69 Å². The lowest BCUT2D eigenvalue weighted by molar-refractivity contribution is 0.577. The zero-order valence-electron chi connectivity index (χ0n) is 16.0. The summed E-state index contributed by atoms with van der Waals surface area (Å²) in [5.74, 6) is 0.597. The van der Waals surface area contributed by atoms with Crippen LogP contribution in [0.1, 0.15) is 64.1 Å². The van der Waals surface area contributed by atoms with Gasteiger partial charge in [-0.25, -0.2) is 8.42 Å². The van der Waals surface area contributed by atoms with E-state index in [1.54, 1.807) is 27.0 Å². The number of nitrogens with zero attached hydrogens (tertiary/aromatic N) is 1. The summed E-state index contributed by atoms with van der Waals surface area (Å²) >= 11 is 3.38. The summed E-state index contributed by atoms with van der Waals surface area (Å²) in [6.07, 6.45) is 0. The minimum absolute atomic E-state index is 0.00751. The molecule has 0 aromatic carbocycles. The van der Waals surface area contributed by atoms with Crippen molar-refractivity contribution in [3.05, 3.63) is 21.9 Å². The van der Waals surface area contributed by atoms with Crippen molar-refractivity contribution in [2.45, 2.75) is 64.7 Å². The molecule has 0 amide bonds. The largest absolute Gasteiger partial charge is 0.265 e. The summed E-state index contributed by atoms with van der Waals surface area (Å²) in [5, 5.41) is 0. The van der Waals surface area contributed by atoms with E-state index in [9.17, 15) is 8.42 Å². The lowest BCUT2D eigenvalue weighted by atomic mass is 9.94. The van der Waals surface area contributed by atoms with E-state index < -0.39 is 10.0 Å². The topological polar surface area (TPSA) is 37.4 Å². The van der Waals surface area contributed by atoms with Gasteiger partial charge in [-0.1, -0.05) is 48.5 Å². The summed E-state index contributed by atoms with van der Waals surface area (Å²) in [7, 11) is -3.49. The first kappa shape index (κ1) is 18.9. The first-order valence-corrected chi connectivity index (χ1v) is 11.8. The fourth-order valence-electron chi connectivity index (χ4n) is 2.90. The molecule has 0 bridgehead atoms. The Bertz CT molecular complexity index is 896. The van der Waals surface area contributed by atoms with Gasteiger partial charge in [0.15, 0.2) is 0 Å². The van der Waals surface area contributed by atoms with Crippen molar-refractivity contribution in [3.8, 4) is 9.75 Å². The van der Waals surface area contributed by atoms with Gasteiger partial charge in [-0.05, 0) is 29.4 Å². The molecule has 1 aliphatic heterocycles. The van der Waals surface area contributed by atoms with Gasteiger partial charge in [0.05, 0.1) is 15.4 Å². The van der Waals surface area contributed by atoms with Crippen molar-refractivity contribution in [2.75, 3.05) is 10.8 Å². The van der Waals surface area contributed by atoms with E-state index in [2.05, 4.69) is 54.5 Å². The van der Waals surface area contributed by atoms with E-state index in [1.165, 1.54) is 4.88 Å². The Hall–Kier alpha value is -0.850. The molecule has 25 heavy (non-hydrogen) atoms. The molecule has 2 aromatic heterocycles. The monoisotopic (exact) mass is 397 g/mol. The highest BCUT2D eigenvalue weighted by Gasteiger charge is 2.39. The second-order valence-corrected chi connectivity index (χ2v) is 12.5. The minimum Gasteiger partial charge on any atom is -0.265 e. The van der Waals surface area contributed by atoms with Gasteiger partial charge >= 0.3 is 0 Å². The van der Waals surface area contributed by atoms with Crippen LogP contribution in [-0.4, -0.2) is 15.0 Å². The molecule has 0 unspecified atom stereocenters. The Balaban J connectivity index is 2.29. The molecule has 0 spiro atoms. The highest BCUT2D eigenvalue weighted by atomic mass is 32.2.